The van der Waals surface area contributed by atoms with Crippen LogP contribution >= 0.6 is 0 Å². The van der Waals surface area contributed by atoms with Crippen molar-refractivity contribution in [3.05, 3.63) is 41.6 Å². The van der Waals surface area contributed by atoms with E-state index in [0.29, 0.717) is 11.9 Å². The molecule has 26 heavy (non-hydrogen) atoms. The summed E-state index contributed by atoms with van der Waals surface area (Å²) in [7, 11) is 2.17. The van der Waals surface area contributed by atoms with Gasteiger partial charge in [-0.05, 0) is 49.1 Å². The van der Waals surface area contributed by atoms with Gasteiger partial charge in [-0.2, -0.15) is 0 Å². The Morgan fingerprint density at radius 2 is 2.04 bits per heavy atom. The van der Waals surface area contributed by atoms with Crippen LogP contribution in [-0.2, 0) is 11.2 Å². The fourth-order valence-corrected chi connectivity index (χ4v) is 4.71. The van der Waals surface area contributed by atoms with Crippen LogP contribution in [-0.4, -0.2) is 53.4 Å². The third-order valence-electron chi connectivity index (χ3n) is 5.88. The Balaban J connectivity index is 1.73. The minimum atomic E-state index is -0.0416. The van der Waals surface area contributed by atoms with Gasteiger partial charge in [-0.25, -0.2) is 0 Å². The van der Waals surface area contributed by atoms with E-state index in [-0.39, 0.29) is 5.92 Å². The first-order valence-corrected chi connectivity index (χ1v) is 9.94. The maximum Gasteiger partial charge on any atom is 0.230 e. The summed E-state index contributed by atoms with van der Waals surface area (Å²) in [5.41, 5.74) is 5.24. The number of aromatic amines is 1. The van der Waals surface area contributed by atoms with Crippen LogP contribution in [0.5, 0.6) is 0 Å². The second kappa shape index (κ2) is 6.92. The van der Waals surface area contributed by atoms with E-state index in [9.17, 15) is 4.79 Å². The minimum absolute atomic E-state index is 0.0416. The van der Waals surface area contributed by atoms with E-state index in [2.05, 4.69) is 66.2 Å². The van der Waals surface area contributed by atoms with Crippen molar-refractivity contribution in [2.75, 3.05) is 26.7 Å². The maximum atomic E-state index is 13.2. The molecule has 0 fully saturated rings. The standard InChI is InChI=1S/C22H29N3O/c1-4-9-25(10-5-2)22(26)16-11-18-17-7-6-8-19-21(17)15(13-23-19)12-20(18)24(3)14-16/h6-8,11,13,16,20,23H,4-5,9-10,12,14H2,1-3H3/t16-,20-/m1/s1. The SMILES string of the molecule is CCCN(CCC)C(=O)[C@@H]1C=C2c3cccc4[nH]cc(c34)C[C@H]2N(C)C1. The highest BCUT2D eigenvalue weighted by Gasteiger charge is 2.36. The maximum absolute atomic E-state index is 13.2. The lowest BCUT2D eigenvalue weighted by molar-refractivity contribution is -0.134. The highest BCUT2D eigenvalue weighted by Crippen LogP contribution is 2.40. The number of rotatable bonds is 5. The van der Waals surface area contributed by atoms with E-state index in [1.54, 1.807) is 0 Å². The number of nitrogens with zero attached hydrogens (tertiary/aromatic N) is 2. The van der Waals surface area contributed by atoms with E-state index in [1.165, 1.54) is 27.6 Å². The van der Waals surface area contributed by atoms with Crippen LogP contribution in [0.4, 0.5) is 0 Å². The molecular weight excluding hydrogens is 322 g/mol. The summed E-state index contributed by atoms with van der Waals surface area (Å²) in [4.78, 5) is 21.0. The summed E-state index contributed by atoms with van der Waals surface area (Å²) in [5.74, 6) is 0.249. The Morgan fingerprint density at radius 3 is 2.77 bits per heavy atom. The van der Waals surface area contributed by atoms with Gasteiger partial charge in [0, 0.05) is 42.8 Å². The zero-order valence-electron chi connectivity index (χ0n) is 16.1. The Kier molecular flexibility index (Phi) is 4.62. The Labute approximate surface area is 155 Å². The molecule has 1 aliphatic carbocycles. The van der Waals surface area contributed by atoms with E-state index >= 15 is 0 Å². The molecule has 4 heteroatoms. The van der Waals surface area contributed by atoms with Gasteiger partial charge in [0.05, 0.1) is 5.92 Å². The van der Waals surface area contributed by atoms with Crippen molar-refractivity contribution in [1.82, 2.24) is 14.8 Å². The van der Waals surface area contributed by atoms with Crippen molar-refractivity contribution in [1.29, 1.82) is 0 Å². The predicted molar refractivity (Wildman–Crippen MR) is 107 cm³/mol. The molecule has 1 aromatic heterocycles. The number of carbonyl (C=O) groups is 1. The molecule has 0 bridgehead atoms. The average Bonchev–Trinajstić information content (AvgIpc) is 3.06. The molecule has 4 rings (SSSR count). The highest BCUT2D eigenvalue weighted by atomic mass is 16.2. The normalized spacial score (nSPS) is 22.2. The third kappa shape index (κ3) is 2.77. The van der Waals surface area contributed by atoms with Crippen LogP contribution in [0.1, 0.15) is 37.8 Å². The van der Waals surface area contributed by atoms with Gasteiger partial charge in [-0.3, -0.25) is 9.69 Å². The topological polar surface area (TPSA) is 39.3 Å². The summed E-state index contributed by atoms with van der Waals surface area (Å²) in [5, 5.41) is 1.34. The monoisotopic (exact) mass is 351 g/mol. The predicted octanol–water partition coefficient (Wildman–Crippen LogP) is 3.69. The van der Waals surface area contributed by atoms with Gasteiger partial charge in [0.1, 0.15) is 0 Å². The lowest BCUT2D eigenvalue weighted by Gasteiger charge is -2.40. The van der Waals surface area contributed by atoms with Crippen molar-refractivity contribution >= 4 is 22.4 Å². The second-order valence-corrected chi connectivity index (χ2v) is 7.76. The smallest absolute Gasteiger partial charge is 0.230 e. The van der Waals surface area contributed by atoms with Crippen molar-refractivity contribution in [2.24, 2.45) is 5.92 Å². The molecule has 1 aromatic carbocycles. The van der Waals surface area contributed by atoms with Crippen LogP contribution in [0, 0.1) is 5.92 Å². The minimum Gasteiger partial charge on any atom is -0.361 e. The molecule has 2 aliphatic rings. The lowest BCUT2D eigenvalue weighted by atomic mass is 9.79. The number of H-pyrrole nitrogens is 1. The quantitative estimate of drug-likeness (QED) is 0.892. The molecule has 0 unspecified atom stereocenters. The molecule has 0 spiro atoms. The van der Waals surface area contributed by atoms with Gasteiger partial charge in [-0.15, -0.1) is 0 Å². The number of nitrogens with one attached hydrogen (secondary N) is 1. The summed E-state index contributed by atoms with van der Waals surface area (Å²) in [6.07, 6.45) is 7.48. The summed E-state index contributed by atoms with van der Waals surface area (Å²) in [6, 6.07) is 6.85. The molecule has 2 aromatic rings. The average molecular weight is 351 g/mol. The number of fused-ring (bicyclic) bond motifs is 2. The Bertz CT molecular complexity index is 844. The molecule has 4 nitrogen and oxygen atoms in total. The summed E-state index contributed by atoms with van der Waals surface area (Å²) < 4.78 is 0. The summed E-state index contributed by atoms with van der Waals surface area (Å²) in [6.45, 7) is 6.82. The van der Waals surface area contributed by atoms with E-state index in [0.717, 1.165) is 38.9 Å². The zero-order valence-corrected chi connectivity index (χ0v) is 16.1. The molecule has 1 aliphatic heterocycles. The van der Waals surface area contributed by atoms with Gasteiger partial charge in [0.2, 0.25) is 5.91 Å². The molecule has 0 saturated carbocycles. The van der Waals surface area contributed by atoms with Gasteiger partial charge >= 0.3 is 0 Å². The van der Waals surface area contributed by atoms with Crippen molar-refractivity contribution < 1.29 is 4.79 Å². The molecular formula is C22H29N3O. The van der Waals surface area contributed by atoms with Crippen LogP contribution in [0.15, 0.2) is 30.5 Å². The van der Waals surface area contributed by atoms with Gasteiger partial charge in [0.25, 0.3) is 0 Å². The zero-order chi connectivity index (χ0) is 18.3. The molecule has 0 radical (unpaired) electrons. The highest BCUT2D eigenvalue weighted by molar-refractivity contribution is 5.99. The molecule has 2 atom stereocenters. The van der Waals surface area contributed by atoms with Crippen LogP contribution in [0.2, 0.25) is 0 Å². The van der Waals surface area contributed by atoms with Crippen molar-refractivity contribution in [3.8, 4) is 0 Å². The fourth-order valence-electron chi connectivity index (χ4n) is 4.71. The summed E-state index contributed by atoms with van der Waals surface area (Å²) >= 11 is 0. The Hall–Kier alpha value is -2.07. The van der Waals surface area contributed by atoms with Crippen LogP contribution < -0.4 is 0 Å². The van der Waals surface area contributed by atoms with Gasteiger partial charge < -0.3 is 9.88 Å². The molecule has 138 valence electrons. The molecule has 1 amide bonds. The number of hydrogen-bond acceptors (Lipinski definition) is 2. The fraction of sp³-hybridized carbons (Fsp3) is 0.500. The first-order valence-electron chi connectivity index (χ1n) is 9.94. The number of aromatic nitrogens is 1. The number of benzene rings is 1. The second-order valence-electron chi connectivity index (χ2n) is 7.76. The van der Waals surface area contributed by atoms with E-state index in [1.807, 2.05) is 0 Å². The number of hydrogen-bond donors (Lipinski definition) is 1. The Morgan fingerprint density at radius 1 is 1.27 bits per heavy atom. The first-order chi connectivity index (χ1) is 12.6. The molecule has 2 heterocycles. The van der Waals surface area contributed by atoms with Crippen LogP contribution in [0.3, 0.4) is 0 Å². The van der Waals surface area contributed by atoms with Crippen molar-refractivity contribution in [2.45, 2.75) is 39.2 Å². The van der Waals surface area contributed by atoms with Crippen LogP contribution in [0.25, 0.3) is 16.5 Å². The number of amides is 1. The lowest BCUT2D eigenvalue weighted by Crippen LogP contribution is -2.47. The van der Waals surface area contributed by atoms with E-state index < -0.39 is 0 Å². The van der Waals surface area contributed by atoms with E-state index in [4.69, 9.17) is 0 Å². The number of carbonyl (C=O) groups excluding carboxylic acids is 1. The number of likely N-dealkylation sites (N-methyl/N-ethyl adjacent to an activating group) is 1. The van der Waals surface area contributed by atoms with Gasteiger partial charge in [0.15, 0.2) is 0 Å². The molecule has 1 N–H and O–H groups in total. The third-order valence-corrected chi connectivity index (χ3v) is 5.88. The van der Waals surface area contributed by atoms with Crippen molar-refractivity contribution in [3.63, 3.8) is 0 Å². The van der Waals surface area contributed by atoms with Gasteiger partial charge in [-0.1, -0.05) is 32.1 Å². The molecule has 0 saturated heterocycles. The first kappa shape index (κ1) is 17.3. The largest absolute Gasteiger partial charge is 0.361 e.